The third-order valence-electron chi connectivity index (χ3n) is 2.53. The number of rotatable bonds is 7. The Morgan fingerprint density at radius 3 is 2.94 bits per heavy atom. The monoisotopic (exact) mass is 240 g/mol. The number of H-pyrrole nitrogens is 1. The Balaban J connectivity index is 2.23. The van der Waals surface area contributed by atoms with E-state index in [0.29, 0.717) is 18.7 Å². The minimum absolute atomic E-state index is 0.0867. The van der Waals surface area contributed by atoms with Crippen molar-refractivity contribution < 1.29 is 9.53 Å². The molecular formula is C11H20N4O2. The van der Waals surface area contributed by atoms with Crippen molar-refractivity contribution in [3.05, 3.63) is 17.5 Å². The average molecular weight is 240 g/mol. The number of likely N-dealkylation sites (N-methyl/N-ethyl adjacent to an activating group) is 1. The van der Waals surface area contributed by atoms with Gasteiger partial charge in [0.15, 0.2) is 0 Å². The zero-order valence-electron chi connectivity index (χ0n) is 10.6. The highest BCUT2D eigenvalue weighted by Crippen LogP contribution is 2.01. The summed E-state index contributed by atoms with van der Waals surface area (Å²) >= 11 is 0. The predicted octanol–water partition coefficient (Wildman–Crippen LogP) is 0.0261. The minimum atomic E-state index is -0.0867. The van der Waals surface area contributed by atoms with Crippen LogP contribution in [0.3, 0.4) is 0 Å². The molecule has 0 spiro atoms. The molecule has 0 fully saturated rings. The van der Waals surface area contributed by atoms with Crippen molar-refractivity contribution in [1.82, 2.24) is 20.4 Å². The van der Waals surface area contributed by atoms with Gasteiger partial charge in [0.2, 0.25) is 0 Å². The number of nitrogens with one attached hydrogen (secondary N) is 2. The number of amides is 1. The van der Waals surface area contributed by atoms with Crippen molar-refractivity contribution in [3.8, 4) is 0 Å². The van der Waals surface area contributed by atoms with Crippen molar-refractivity contribution in [1.29, 1.82) is 0 Å². The molecule has 0 bridgehead atoms. The number of aryl methyl sites for hydroxylation is 1. The topological polar surface area (TPSA) is 70.2 Å². The SMILES string of the molecule is COCCN(C)CCNC(=O)c1cn[nH]c1C. The Bertz CT molecular complexity index is 351. The van der Waals surface area contributed by atoms with Crippen LogP contribution < -0.4 is 5.32 Å². The van der Waals surface area contributed by atoms with Crippen LogP contribution in [-0.2, 0) is 4.74 Å². The van der Waals surface area contributed by atoms with Gasteiger partial charge in [-0.15, -0.1) is 0 Å². The summed E-state index contributed by atoms with van der Waals surface area (Å²) in [7, 11) is 3.67. The van der Waals surface area contributed by atoms with Crippen LogP contribution >= 0.6 is 0 Å². The van der Waals surface area contributed by atoms with Gasteiger partial charge >= 0.3 is 0 Å². The first-order valence-corrected chi connectivity index (χ1v) is 5.60. The smallest absolute Gasteiger partial charge is 0.254 e. The molecule has 96 valence electrons. The maximum Gasteiger partial charge on any atom is 0.254 e. The van der Waals surface area contributed by atoms with Crippen LogP contribution in [0.1, 0.15) is 16.1 Å². The van der Waals surface area contributed by atoms with E-state index in [1.165, 1.54) is 0 Å². The van der Waals surface area contributed by atoms with Crippen LogP contribution in [0.15, 0.2) is 6.20 Å². The molecule has 0 aliphatic carbocycles. The van der Waals surface area contributed by atoms with Crippen molar-refractivity contribution in [3.63, 3.8) is 0 Å². The first-order valence-electron chi connectivity index (χ1n) is 5.60. The number of methoxy groups -OCH3 is 1. The summed E-state index contributed by atoms with van der Waals surface area (Å²) in [5.41, 5.74) is 1.39. The molecule has 0 atom stereocenters. The Morgan fingerprint density at radius 2 is 2.35 bits per heavy atom. The molecular weight excluding hydrogens is 220 g/mol. The van der Waals surface area contributed by atoms with E-state index in [0.717, 1.165) is 18.8 Å². The summed E-state index contributed by atoms with van der Waals surface area (Å²) in [6, 6.07) is 0. The van der Waals surface area contributed by atoms with Gasteiger partial charge in [-0.2, -0.15) is 5.10 Å². The molecule has 6 heteroatoms. The van der Waals surface area contributed by atoms with Gasteiger partial charge in [-0.25, -0.2) is 0 Å². The number of hydrogen-bond acceptors (Lipinski definition) is 4. The summed E-state index contributed by atoms with van der Waals surface area (Å²) in [6.45, 7) is 4.80. The number of aromatic amines is 1. The second-order valence-corrected chi connectivity index (χ2v) is 3.96. The fourth-order valence-corrected chi connectivity index (χ4v) is 1.39. The maximum absolute atomic E-state index is 11.7. The van der Waals surface area contributed by atoms with E-state index < -0.39 is 0 Å². The van der Waals surface area contributed by atoms with Crippen LogP contribution in [0, 0.1) is 6.92 Å². The molecule has 1 rings (SSSR count). The fourth-order valence-electron chi connectivity index (χ4n) is 1.39. The second kappa shape index (κ2) is 7.03. The van der Waals surface area contributed by atoms with E-state index in [-0.39, 0.29) is 5.91 Å². The van der Waals surface area contributed by atoms with Gasteiger partial charge in [-0.1, -0.05) is 0 Å². The Hall–Kier alpha value is -1.40. The number of carbonyl (C=O) groups is 1. The van der Waals surface area contributed by atoms with Gasteiger partial charge in [0.05, 0.1) is 18.4 Å². The third kappa shape index (κ3) is 4.54. The van der Waals surface area contributed by atoms with Gasteiger partial charge in [-0.3, -0.25) is 9.89 Å². The quantitative estimate of drug-likeness (QED) is 0.705. The van der Waals surface area contributed by atoms with E-state index in [2.05, 4.69) is 20.4 Å². The van der Waals surface area contributed by atoms with Gasteiger partial charge in [0, 0.05) is 32.4 Å². The number of hydrogen-bond donors (Lipinski definition) is 2. The Kier molecular flexibility index (Phi) is 5.65. The normalized spacial score (nSPS) is 10.8. The van der Waals surface area contributed by atoms with Crippen LogP contribution in [0.4, 0.5) is 0 Å². The van der Waals surface area contributed by atoms with Crippen LogP contribution in [0.25, 0.3) is 0 Å². The van der Waals surface area contributed by atoms with E-state index in [1.54, 1.807) is 13.3 Å². The number of ether oxygens (including phenoxy) is 1. The lowest BCUT2D eigenvalue weighted by atomic mass is 10.2. The molecule has 0 saturated heterocycles. The summed E-state index contributed by atoms with van der Waals surface area (Å²) in [5, 5.41) is 9.40. The van der Waals surface area contributed by atoms with Gasteiger partial charge in [0.1, 0.15) is 0 Å². The molecule has 0 saturated carbocycles. The minimum Gasteiger partial charge on any atom is -0.383 e. The molecule has 0 aliphatic heterocycles. The summed E-state index contributed by atoms with van der Waals surface area (Å²) in [5.74, 6) is -0.0867. The molecule has 1 heterocycles. The highest BCUT2D eigenvalue weighted by atomic mass is 16.5. The molecule has 6 nitrogen and oxygen atoms in total. The van der Waals surface area contributed by atoms with Crippen LogP contribution in [-0.4, -0.2) is 61.4 Å². The number of nitrogens with zero attached hydrogens (tertiary/aromatic N) is 2. The lowest BCUT2D eigenvalue weighted by molar-refractivity contribution is 0.0947. The molecule has 2 N–H and O–H groups in total. The van der Waals surface area contributed by atoms with Gasteiger partial charge in [-0.05, 0) is 14.0 Å². The summed E-state index contributed by atoms with van der Waals surface area (Å²) in [4.78, 5) is 13.8. The molecule has 17 heavy (non-hydrogen) atoms. The molecule has 0 aromatic carbocycles. The summed E-state index contributed by atoms with van der Waals surface area (Å²) in [6.07, 6.45) is 1.54. The lowest BCUT2D eigenvalue weighted by Crippen LogP contribution is -2.34. The van der Waals surface area contributed by atoms with E-state index in [1.807, 2.05) is 14.0 Å². The fraction of sp³-hybridized carbons (Fsp3) is 0.636. The first-order chi connectivity index (χ1) is 8.15. The van der Waals surface area contributed by atoms with Crippen molar-refractivity contribution in [2.24, 2.45) is 0 Å². The van der Waals surface area contributed by atoms with Crippen molar-refractivity contribution in [2.75, 3.05) is 40.4 Å². The lowest BCUT2D eigenvalue weighted by Gasteiger charge is -2.15. The molecule has 0 radical (unpaired) electrons. The van der Waals surface area contributed by atoms with Gasteiger partial charge < -0.3 is 15.0 Å². The average Bonchev–Trinajstić information content (AvgIpc) is 2.72. The molecule has 0 unspecified atom stereocenters. The first kappa shape index (κ1) is 13.7. The van der Waals surface area contributed by atoms with Gasteiger partial charge in [0.25, 0.3) is 5.91 Å². The Labute approximate surface area is 101 Å². The number of carbonyl (C=O) groups excluding carboxylic acids is 1. The van der Waals surface area contributed by atoms with Crippen LogP contribution in [0.2, 0.25) is 0 Å². The maximum atomic E-state index is 11.7. The highest BCUT2D eigenvalue weighted by Gasteiger charge is 2.09. The van der Waals surface area contributed by atoms with Crippen molar-refractivity contribution in [2.45, 2.75) is 6.92 Å². The van der Waals surface area contributed by atoms with E-state index in [4.69, 9.17) is 4.74 Å². The highest BCUT2D eigenvalue weighted by molar-refractivity contribution is 5.94. The van der Waals surface area contributed by atoms with E-state index >= 15 is 0 Å². The molecule has 1 aromatic rings. The zero-order valence-corrected chi connectivity index (χ0v) is 10.6. The van der Waals surface area contributed by atoms with Crippen molar-refractivity contribution >= 4 is 5.91 Å². The summed E-state index contributed by atoms with van der Waals surface area (Å²) < 4.78 is 4.97. The molecule has 0 aliphatic rings. The molecule has 1 amide bonds. The Morgan fingerprint density at radius 1 is 1.59 bits per heavy atom. The predicted molar refractivity (Wildman–Crippen MR) is 65.0 cm³/mol. The van der Waals surface area contributed by atoms with E-state index in [9.17, 15) is 4.79 Å². The molecule has 1 aromatic heterocycles. The second-order valence-electron chi connectivity index (χ2n) is 3.96. The largest absolute Gasteiger partial charge is 0.383 e. The third-order valence-corrected chi connectivity index (χ3v) is 2.53. The van der Waals surface area contributed by atoms with Crippen LogP contribution in [0.5, 0.6) is 0 Å². The number of aromatic nitrogens is 2. The zero-order chi connectivity index (χ0) is 12.7. The standard InChI is InChI=1S/C11H20N4O2/c1-9-10(8-13-14-9)11(16)12-4-5-15(2)6-7-17-3/h8H,4-7H2,1-3H3,(H,12,16)(H,13,14).